The van der Waals surface area contributed by atoms with Crippen LogP contribution in [0.1, 0.15) is 28.4 Å². The minimum absolute atomic E-state index is 0.0804. The molecule has 23 heavy (non-hydrogen) atoms. The van der Waals surface area contributed by atoms with Gasteiger partial charge in [-0.05, 0) is 50.6 Å². The standard InChI is InChI=1S/C19H22O3S/c1-12-6-7-13(2)18(10-12)23-14(3)19(20)15-8-9-16(21-4)17(11-15)22-5/h6-11,14H,1-5H3. The topological polar surface area (TPSA) is 35.5 Å². The minimum atomic E-state index is -0.173. The lowest BCUT2D eigenvalue weighted by Crippen LogP contribution is -2.14. The van der Waals surface area contributed by atoms with Crippen molar-refractivity contribution in [1.29, 1.82) is 0 Å². The van der Waals surface area contributed by atoms with Gasteiger partial charge in [0, 0.05) is 10.5 Å². The predicted molar refractivity (Wildman–Crippen MR) is 95.1 cm³/mol. The quantitative estimate of drug-likeness (QED) is 0.569. The number of hydrogen-bond donors (Lipinski definition) is 0. The molecule has 0 saturated heterocycles. The molecule has 2 rings (SSSR count). The van der Waals surface area contributed by atoms with Crippen LogP contribution in [0.3, 0.4) is 0 Å². The lowest BCUT2D eigenvalue weighted by atomic mass is 10.1. The SMILES string of the molecule is COc1ccc(C(=O)C(C)Sc2cc(C)ccc2C)cc1OC. The first-order valence-corrected chi connectivity index (χ1v) is 8.34. The fourth-order valence-corrected chi connectivity index (χ4v) is 3.43. The molecule has 0 heterocycles. The molecular weight excluding hydrogens is 308 g/mol. The molecule has 122 valence electrons. The van der Waals surface area contributed by atoms with Gasteiger partial charge >= 0.3 is 0 Å². The molecular formula is C19H22O3S. The molecule has 0 bridgehead atoms. The van der Waals surface area contributed by atoms with Crippen molar-refractivity contribution in [2.45, 2.75) is 30.9 Å². The summed E-state index contributed by atoms with van der Waals surface area (Å²) < 4.78 is 10.5. The predicted octanol–water partition coefficient (Wildman–Crippen LogP) is 4.68. The first kappa shape index (κ1) is 17.4. The van der Waals surface area contributed by atoms with Gasteiger partial charge < -0.3 is 9.47 Å². The summed E-state index contributed by atoms with van der Waals surface area (Å²) in [7, 11) is 3.15. The van der Waals surface area contributed by atoms with Gasteiger partial charge in [-0.3, -0.25) is 4.79 Å². The second kappa shape index (κ2) is 7.55. The van der Waals surface area contributed by atoms with Gasteiger partial charge in [0.15, 0.2) is 17.3 Å². The summed E-state index contributed by atoms with van der Waals surface area (Å²) in [6, 6.07) is 11.6. The second-order valence-corrected chi connectivity index (χ2v) is 6.85. The molecule has 2 aromatic rings. The number of rotatable bonds is 6. The van der Waals surface area contributed by atoms with Gasteiger partial charge in [0.2, 0.25) is 0 Å². The molecule has 0 aliphatic rings. The zero-order chi connectivity index (χ0) is 17.0. The molecule has 0 amide bonds. The third-order valence-electron chi connectivity index (χ3n) is 3.68. The Morgan fingerprint density at radius 2 is 1.70 bits per heavy atom. The van der Waals surface area contributed by atoms with E-state index < -0.39 is 0 Å². The van der Waals surface area contributed by atoms with Crippen LogP contribution >= 0.6 is 11.8 Å². The molecule has 3 nitrogen and oxygen atoms in total. The van der Waals surface area contributed by atoms with Crippen LogP contribution in [-0.2, 0) is 0 Å². The number of hydrogen-bond acceptors (Lipinski definition) is 4. The van der Waals surface area contributed by atoms with Crippen molar-refractivity contribution < 1.29 is 14.3 Å². The Bertz CT molecular complexity index is 710. The van der Waals surface area contributed by atoms with E-state index in [1.54, 1.807) is 44.2 Å². The van der Waals surface area contributed by atoms with E-state index in [2.05, 4.69) is 32.0 Å². The molecule has 2 aromatic carbocycles. The summed E-state index contributed by atoms with van der Waals surface area (Å²) in [6.07, 6.45) is 0. The van der Waals surface area contributed by atoms with E-state index in [9.17, 15) is 4.79 Å². The van der Waals surface area contributed by atoms with Crippen molar-refractivity contribution in [3.63, 3.8) is 0 Å². The summed E-state index contributed by atoms with van der Waals surface area (Å²) in [4.78, 5) is 13.8. The molecule has 0 aromatic heterocycles. The first-order chi connectivity index (χ1) is 11.0. The van der Waals surface area contributed by atoms with Gasteiger partial charge in [0.05, 0.1) is 19.5 Å². The molecule has 0 N–H and O–H groups in total. The summed E-state index contributed by atoms with van der Waals surface area (Å²) in [5.41, 5.74) is 3.02. The molecule has 0 spiro atoms. The summed E-state index contributed by atoms with van der Waals surface area (Å²) in [6.45, 7) is 6.06. The Morgan fingerprint density at radius 3 is 2.35 bits per heavy atom. The number of carbonyl (C=O) groups is 1. The summed E-state index contributed by atoms with van der Waals surface area (Å²) >= 11 is 1.59. The van der Waals surface area contributed by atoms with Crippen molar-refractivity contribution in [3.05, 3.63) is 53.1 Å². The van der Waals surface area contributed by atoms with E-state index in [1.807, 2.05) is 6.92 Å². The third kappa shape index (κ3) is 4.08. The Hall–Kier alpha value is -1.94. The number of methoxy groups -OCH3 is 2. The molecule has 1 unspecified atom stereocenters. The lowest BCUT2D eigenvalue weighted by Gasteiger charge is -2.14. The maximum absolute atomic E-state index is 12.7. The van der Waals surface area contributed by atoms with E-state index in [-0.39, 0.29) is 11.0 Å². The monoisotopic (exact) mass is 330 g/mol. The molecule has 0 aliphatic heterocycles. The Balaban J connectivity index is 2.21. The zero-order valence-electron chi connectivity index (χ0n) is 14.2. The Labute approximate surface area is 142 Å². The normalized spacial score (nSPS) is 11.9. The highest BCUT2D eigenvalue weighted by Crippen LogP contribution is 2.32. The number of carbonyl (C=O) groups excluding carboxylic acids is 1. The van der Waals surface area contributed by atoms with Crippen molar-refractivity contribution in [2.24, 2.45) is 0 Å². The van der Waals surface area contributed by atoms with Crippen LogP contribution < -0.4 is 9.47 Å². The maximum atomic E-state index is 12.7. The smallest absolute Gasteiger partial charge is 0.176 e. The van der Waals surface area contributed by atoms with E-state index in [4.69, 9.17) is 9.47 Å². The fourth-order valence-electron chi connectivity index (χ4n) is 2.30. The highest BCUT2D eigenvalue weighted by atomic mass is 32.2. The number of benzene rings is 2. The van der Waals surface area contributed by atoms with Gasteiger partial charge in [-0.2, -0.15) is 0 Å². The van der Waals surface area contributed by atoms with Gasteiger partial charge in [-0.15, -0.1) is 11.8 Å². The molecule has 0 fully saturated rings. The van der Waals surface area contributed by atoms with E-state index in [0.717, 1.165) is 4.90 Å². The van der Waals surface area contributed by atoms with Gasteiger partial charge in [0.1, 0.15) is 0 Å². The van der Waals surface area contributed by atoms with E-state index >= 15 is 0 Å². The molecule has 0 saturated carbocycles. The first-order valence-electron chi connectivity index (χ1n) is 7.46. The molecule has 4 heteroatoms. The number of ketones is 1. The van der Waals surface area contributed by atoms with Crippen LogP contribution in [-0.4, -0.2) is 25.3 Å². The average molecular weight is 330 g/mol. The number of ether oxygens (including phenoxy) is 2. The highest BCUT2D eigenvalue weighted by molar-refractivity contribution is 8.00. The van der Waals surface area contributed by atoms with Crippen LogP contribution in [0.25, 0.3) is 0 Å². The van der Waals surface area contributed by atoms with Crippen molar-refractivity contribution in [1.82, 2.24) is 0 Å². The number of Topliss-reactive ketones (excluding diaryl/α,β-unsaturated/α-hetero) is 1. The van der Waals surface area contributed by atoms with Crippen molar-refractivity contribution in [3.8, 4) is 11.5 Å². The van der Waals surface area contributed by atoms with Crippen LogP contribution in [0, 0.1) is 13.8 Å². The maximum Gasteiger partial charge on any atom is 0.176 e. The van der Waals surface area contributed by atoms with E-state index in [0.29, 0.717) is 17.1 Å². The number of thioether (sulfide) groups is 1. The van der Waals surface area contributed by atoms with Crippen molar-refractivity contribution >= 4 is 17.5 Å². The molecule has 0 aliphatic carbocycles. The Kier molecular flexibility index (Phi) is 5.72. The summed E-state index contributed by atoms with van der Waals surface area (Å²) in [5, 5.41) is -0.173. The third-order valence-corrected chi connectivity index (χ3v) is 4.95. The minimum Gasteiger partial charge on any atom is -0.493 e. The van der Waals surface area contributed by atoms with Crippen LogP contribution in [0.4, 0.5) is 0 Å². The molecule has 1 atom stereocenters. The second-order valence-electron chi connectivity index (χ2n) is 5.46. The largest absolute Gasteiger partial charge is 0.493 e. The van der Waals surface area contributed by atoms with Gasteiger partial charge in [-0.1, -0.05) is 17.7 Å². The average Bonchev–Trinajstić information content (AvgIpc) is 2.56. The van der Waals surface area contributed by atoms with Gasteiger partial charge in [-0.25, -0.2) is 0 Å². The molecule has 0 radical (unpaired) electrons. The lowest BCUT2D eigenvalue weighted by molar-refractivity contribution is 0.0993. The summed E-state index contributed by atoms with van der Waals surface area (Å²) in [5.74, 6) is 1.28. The van der Waals surface area contributed by atoms with Crippen molar-refractivity contribution in [2.75, 3.05) is 14.2 Å². The fraction of sp³-hybridized carbons (Fsp3) is 0.316. The highest BCUT2D eigenvalue weighted by Gasteiger charge is 2.19. The Morgan fingerprint density at radius 1 is 1.00 bits per heavy atom. The van der Waals surface area contributed by atoms with Gasteiger partial charge in [0.25, 0.3) is 0 Å². The van der Waals surface area contributed by atoms with E-state index in [1.165, 1.54) is 11.1 Å². The van der Waals surface area contributed by atoms with Crippen LogP contribution in [0.15, 0.2) is 41.3 Å². The zero-order valence-corrected chi connectivity index (χ0v) is 15.0. The van der Waals surface area contributed by atoms with Crippen LogP contribution in [0.5, 0.6) is 11.5 Å². The van der Waals surface area contributed by atoms with Crippen LogP contribution in [0.2, 0.25) is 0 Å². The number of aryl methyl sites for hydroxylation is 2.